The molecule has 1 N–H and O–H groups in total. The van der Waals surface area contributed by atoms with Crippen LogP contribution in [0.5, 0.6) is 5.75 Å². The predicted octanol–water partition coefficient (Wildman–Crippen LogP) is 5.30. The van der Waals surface area contributed by atoms with Crippen LogP contribution < -0.4 is 9.46 Å². The van der Waals surface area contributed by atoms with Crippen LogP contribution in [-0.2, 0) is 11.2 Å². The van der Waals surface area contributed by atoms with Gasteiger partial charge >= 0.3 is 6.36 Å². The number of nitrogens with zero attached hydrogens (tertiary/aromatic N) is 2. The molecule has 11 heteroatoms. The molecule has 1 saturated heterocycles. The summed E-state index contributed by atoms with van der Waals surface area (Å²) in [7, 11) is 1.94. The molecule has 192 valence electrons. The molecule has 2 unspecified atom stereocenters. The first kappa shape index (κ1) is 26.1. The van der Waals surface area contributed by atoms with Gasteiger partial charge in [-0.05, 0) is 66.7 Å². The summed E-state index contributed by atoms with van der Waals surface area (Å²) < 4.78 is 85.9. The van der Waals surface area contributed by atoms with E-state index < -0.39 is 17.5 Å². The Morgan fingerprint density at radius 2 is 1.42 bits per heavy atom. The highest BCUT2D eigenvalue weighted by atomic mass is 32.2. The highest BCUT2D eigenvalue weighted by Gasteiger charge is 2.35. The normalized spacial score (nSPS) is 18.2. The molecule has 1 fully saturated rings. The van der Waals surface area contributed by atoms with Crippen LogP contribution in [0.1, 0.15) is 17.0 Å². The second-order valence-electron chi connectivity index (χ2n) is 8.44. The van der Waals surface area contributed by atoms with Crippen molar-refractivity contribution >= 4 is 16.9 Å². The van der Waals surface area contributed by atoms with Gasteiger partial charge in [-0.15, -0.1) is 13.2 Å². The van der Waals surface area contributed by atoms with Gasteiger partial charge < -0.3 is 4.74 Å². The van der Waals surface area contributed by atoms with E-state index in [9.17, 15) is 26.2 Å². The SMILES string of the molecule is CN1CCN(S(=O)Nc2ccc(OC(F)(F)F)cc2)CC1C(c1ccc(F)cc1)c1ccc(F)cc1. The molecule has 3 aromatic rings. The molecular formula is C25H24F5N3O2S. The van der Waals surface area contributed by atoms with E-state index in [1.807, 2.05) is 7.05 Å². The summed E-state index contributed by atoms with van der Waals surface area (Å²) in [5.41, 5.74) is 2.04. The molecule has 0 aromatic heterocycles. The standard InChI is InChI=1S/C25H24F5N3O2S/c1-32-14-15-33(36(34)31-21-10-12-22(13-11-21)35-25(28,29)30)16-23(32)24(17-2-6-19(26)7-3-17)18-4-8-20(27)9-5-18/h2-13,23-24,31H,14-16H2,1H3. The fraction of sp³-hybridized carbons (Fsp3) is 0.280. The highest BCUT2D eigenvalue weighted by molar-refractivity contribution is 7.84. The lowest BCUT2D eigenvalue weighted by molar-refractivity contribution is -0.274. The van der Waals surface area contributed by atoms with E-state index in [1.54, 1.807) is 28.6 Å². The van der Waals surface area contributed by atoms with Crippen molar-refractivity contribution in [3.8, 4) is 5.75 Å². The fourth-order valence-corrected chi connectivity index (χ4v) is 5.25. The number of benzene rings is 3. The summed E-state index contributed by atoms with van der Waals surface area (Å²) >= 11 is -1.68. The first-order chi connectivity index (χ1) is 17.1. The quantitative estimate of drug-likeness (QED) is 0.426. The molecule has 1 aliphatic rings. The minimum atomic E-state index is -4.79. The topological polar surface area (TPSA) is 44.8 Å². The number of rotatable bonds is 7. The molecule has 0 saturated carbocycles. The number of piperazine rings is 1. The van der Waals surface area contributed by atoms with Gasteiger partial charge in [-0.3, -0.25) is 9.62 Å². The third kappa shape index (κ3) is 6.59. The van der Waals surface area contributed by atoms with E-state index in [0.717, 1.165) is 23.3 Å². The van der Waals surface area contributed by atoms with E-state index in [0.29, 0.717) is 25.3 Å². The van der Waals surface area contributed by atoms with Gasteiger partial charge in [0.15, 0.2) is 11.2 Å². The zero-order valence-electron chi connectivity index (χ0n) is 19.2. The van der Waals surface area contributed by atoms with E-state index in [2.05, 4.69) is 14.4 Å². The lowest BCUT2D eigenvalue weighted by atomic mass is 9.83. The smallest absolute Gasteiger partial charge is 0.406 e. The largest absolute Gasteiger partial charge is 0.573 e. The van der Waals surface area contributed by atoms with Crippen LogP contribution in [0.4, 0.5) is 27.6 Å². The lowest BCUT2D eigenvalue weighted by Gasteiger charge is -2.42. The summed E-state index contributed by atoms with van der Waals surface area (Å²) in [4.78, 5) is 2.12. The highest BCUT2D eigenvalue weighted by Crippen LogP contribution is 2.33. The van der Waals surface area contributed by atoms with Gasteiger partial charge in [-0.1, -0.05) is 24.3 Å². The number of nitrogens with one attached hydrogen (secondary N) is 1. The second kappa shape index (κ2) is 10.9. The molecule has 5 nitrogen and oxygen atoms in total. The molecule has 36 heavy (non-hydrogen) atoms. The first-order valence-electron chi connectivity index (χ1n) is 11.1. The molecule has 0 bridgehead atoms. The second-order valence-corrected chi connectivity index (χ2v) is 9.66. The Hall–Kier alpha value is -3.02. The van der Waals surface area contributed by atoms with Gasteiger partial charge in [0.1, 0.15) is 17.4 Å². The molecule has 3 aromatic carbocycles. The van der Waals surface area contributed by atoms with E-state index in [4.69, 9.17) is 0 Å². The number of anilines is 1. The van der Waals surface area contributed by atoms with E-state index in [-0.39, 0.29) is 29.3 Å². The van der Waals surface area contributed by atoms with Crippen molar-refractivity contribution in [2.75, 3.05) is 31.4 Å². The summed E-state index contributed by atoms with van der Waals surface area (Å²) in [6, 6.07) is 17.1. The molecule has 2 atom stereocenters. The van der Waals surface area contributed by atoms with E-state index >= 15 is 0 Å². The Morgan fingerprint density at radius 1 is 0.889 bits per heavy atom. The fourth-order valence-electron chi connectivity index (χ4n) is 4.25. The number of ether oxygens (including phenoxy) is 1. The van der Waals surface area contributed by atoms with Crippen molar-refractivity contribution in [2.24, 2.45) is 0 Å². The maximum absolute atomic E-state index is 13.6. The van der Waals surface area contributed by atoms with Gasteiger partial charge in [0.25, 0.3) is 0 Å². The number of alkyl halides is 3. The van der Waals surface area contributed by atoms with Crippen LogP contribution in [0.25, 0.3) is 0 Å². The van der Waals surface area contributed by atoms with Crippen molar-refractivity contribution in [1.82, 2.24) is 9.21 Å². The Balaban J connectivity index is 1.53. The summed E-state index contributed by atoms with van der Waals surface area (Å²) in [5.74, 6) is -1.37. The predicted molar refractivity (Wildman–Crippen MR) is 128 cm³/mol. The summed E-state index contributed by atoms with van der Waals surface area (Å²) in [6.07, 6.45) is -4.79. The number of hydrogen-bond acceptors (Lipinski definition) is 3. The van der Waals surface area contributed by atoms with Crippen molar-refractivity contribution in [1.29, 1.82) is 0 Å². The maximum atomic E-state index is 13.6. The molecule has 1 heterocycles. The minimum absolute atomic E-state index is 0.178. The maximum Gasteiger partial charge on any atom is 0.573 e. The third-order valence-corrected chi connectivity index (χ3v) is 7.24. The van der Waals surface area contributed by atoms with Gasteiger partial charge in [-0.2, -0.15) is 0 Å². The van der Waals surface area contributed by atoms with Gasteiger partial charge in [-0.25, -0.2) is 17.3 Å². The van der Waals surface area contributed by atoms with Crippen molar-refractivity contribution < 1.29 is 30.9 Å². The van der Waals surface area contributed by atoms with Crippen molar-refractivity contribution in [2.45, 2.75) is 18.3 Å². The first-order valence-corrected chi connectivity index (χ1v) is 12.2. The monoisotopic (exact) mass is 525 g/mol. The minimum Gasteiger partial charge on any atom is -0.406 e. The molecule has 4 rings (SSSR count). The van der Waals surface area contributed by atoms with Crippen LogP contribution in [0.2, 0.25) is 0 Å². The Bertz CT molecular complexity index is 1130. The lowest BCUT2D eigenvalue weighted by Crippen LogP contribution is -2.55. The Labute approximate surface area is 208 Å². The van der Waals surface area contributed by atoms with Crippen molar-refractivity contribution in [3.05, 3.63) is 95.6 Å². The van der Waals surface area contributed by atoms with Gasteiger partial charge in [0.05, 0.1) is 0 Å². The van der Waals surface area contributed by atoms with Gasteiger partial charge in [0, 0.05) is 37.3 Å². The molecule has 0 radical (unpaired) electrons. The van der Waals surface area contributed by atoms with Crippen LogP contribution in [0.3, 0.4) is 0 Å². The zero-order chi connectivity index (χ0) is 25.9. The van der Waals surface area contributed by atoms with Crippen molar-refractivity contribution in [3.63, 3.8) is 0 Å². The average Bonchev–Trinajstić information content (AvgIpc) is 2.83. The third-order valence-electron chi connectivity index (χ3n) is 6.03. The van der Waals surface area contributed by atoms with E-state index in [1.165, 1.54) is 36.4 Å². The van der Waals surface area contributed by atoms with Crippen LogP contribution in [-0.4, -0.2) is 52.5 Å². The number of halogens is 5. The summed E-state index contributed by atoms with van der Waals surface area (Å²) in [5, 5.41) is 0. The Morgan fingerprint density at radius 3 is 1.92 bits per heavy atom. The average molecular weight is 526 g/mol. The van der Waals surface area contributed by atoms with Gasteiger partial charge in [0.2, 0.25) is 0 Å². The van der Waals surface area contributed by atoms with Crippen LogP contribution >= 0.6 is 0 Å². The molecule has 1 aliphatic heterocycles. The molecule has 0 aliphatic carbocycles. The zero-order valence-corrected chi connectivity index (χ0v) is 20.0. The molecular weight excluding hydrogens is 501 g/mol. The van der Waals surface area contributed by atoms with Crippen LogP contribution in [0.15, 0.2) is 72.8 Å². The molecule has 0 amide bonds. The van der Waals surface area contributed by atoms with Crippen LogP contribution in [0, 0.1) is 11.6 Å². The molecule has 0 spiro atoms. The Kier molecular flexibility index (Phi) is 7.91. The number of likely N-dealkylation sites (N-methyl/N-ethyl adjacent to an activating group) is 1. The summed E-state index contributed by atoms with van der Waals surface area (Å²) in [6.45, 7) is 1.42. The number of hydrogen-bond donors (Lipinski definition) is 1.